The van der Waals surface area contributed by atoms with Gasteiger partial charge in [0.15, 0.2) is 9.84 Å². The van der Waals surface area contributed by atoms with E-state index in [9.17, 15) is 18.0 Å². The van der Waals surface area contributed by atoms with Crippen LogP contribution < -0.4 is 10.6 Å². The van der Waals surface area contributed by atoms with Gasteiger partial charge in [-0.25, -0.2) is 8.42 Å². The zero-order valence-electron chi connectivity index (χ0n) is 15.4. The van der Waals surface area contributed by atoms with Crippen LogP contribution in [0.2, 0.25) is 0 Å². The number of nitrogens with one attached hydrogen (secondary N) is 2. The molecule has 0 bridgehead atoms. The maximum absolute atomic E-state index is 12.3. The average molecular weight is 407 g/mol. The second-order valence-electron chi connectivity index (χ2n) is 6.13. The van der Waals surface area contributed by atoms with Crippen molar-refractivity contribution in [2.75, 3.05) is 22.6 Å². The Kier molecular flexibility index (Phi) is 7.04. The highest BCUT2D eigenvalue weighted by Crippen LogP contribution is 2.22. The van der Waals surface area contributed by atoms with Crippen LogP contribution in [-0.2, 0) is 19.4 Å². The van der Waals surface area contributed by atoms with E-state index < -0.39 is 15.1 Å². The fourth-order valence-corrected chi connectivity index (χ4v) is 3.77. The first-order valence-electron chi connectivity index (χ1n) is 8.25. The minimum Gasteiger partial charge on any atom is -0.325 e. The van der Waals surface area contributed by atoms with E-state index in [1.54, 1.807) is 19.1 Å². The van der Waals surface area contributed by atoms with Crippen LogP contribution in [0, 0.1) is 6.92 Å². The lowest BCUT2D eigenvalue weighted by molar-refractivity contribution is -0.115. The minimum absolute atomic E-state index is 0.0627. The number of sulfone groups is 1. The Hall–Kier alpha value is -2.32. The molecule has 27 heavy (non-hydrogen) atoms. The monoisotopic (exact) mass is 406 g/mol. The number of carbonyl (C=O) groups is 2. The predicted octanol–water partition coefficient (Wildman–Crippen LogP) is 3.10. The standard InChI is InChI=1S/C19H22N2O4S2/c1-13-8-10-15(11-9-13)20-18(22)12-26-14(2)19(23)21-16-6-4-5-7-17(16)27(3,24)25/h4-11,14H,12H2,1-3H3,(H,20,22)(H,21,23). The SMILES string of the molecule is Cc1ccc(NC(=O)CSC(C)C(=O)Nc2ccccc2S(C)(=O)=O)cc1. The van der Waals surface area contributed by atoms with Crippen molar-refractivity contribution in [3.05, 3.63) is 54.1 Å². The molecule has 8 heteroatoms. The molecule has 0 saturated heterocycles. The Bertz CT molecular complexity index is 925. The highest BCUT2D eigenvalue weighted by Gasteiger charge is 2.19. The van der Waals surface area contributed by atoms with Crippen LogP contribution in [0.5, 0.6) is 0 Å². The molecule has 0 aliphatic heterocycles. The lowest BCUT2D eigenvalue weighted by atomic mass is 10.2. The Morgan fingerprint density at radius 3 is 2.30 bits per heavy atom. The van der Waals surface area contributed by atoms with Gasteiger partial charge in [0.2, 0.25) is 11.8 Å². The molecule has 1 unspecified atom stereocenters. The zero-order valence-corrected chi connectivity index (χ0v) is 17.0. The van der Waals surface area contributed by atoms with Gasteiger partial charge in [0.25, 0.3) is 0 Å². The lowest BCUT2D eigenvalue weighted by Crippen LogP contribution is -2.25. The van der Waals surface area contributed by atoms with E-state index in [2.05, 4.69) is 10.6 Å². The molecule has 2 N–H and O–H groups in total. The third-order valence-electron chi connectivity index (χ3n) is 3.71. The van der Waals surface area contributed by atoms with Gasteiger partial charge >= 0.3 is 0 Å². The van der Waals surface area contributed by atoms with Crippen molar-refractivity contribution in [1.82, 2.24) is 0 Å². The van der Waals surface area contributed by atoms with E-state index in [1.807, 2.05) is 31.2 Å². The molecule has 0 radical (unpaired) electrons. The van der Waals surface area contributed by atoms with Crippen LogP contribution in [0.25, 0.3) is 0 Å². The van der Waals surface area contributed by atoms with Crippen LogP contribution >= 0.6 is 11.8 Å². The summed E-state index contributed by atoms with van der Waals surface area (Å²) in [6.45, 7) is 3.63. The first kappa shape index (κ1) is 21.0. The maximum Gasteiger partial charge on any atom is 0.237 e. The van der Waals surface area contributed by atoms with E-state index in [0.717, 1.165) is 11.8 Å². The molecule has 0 spiro atoms. The van der Waals surface area contributed by atoms with E-state index in [1.165, 1.54) is 23.9 Å². The van der Waals surface area contributed by atoms with Crippen molar-refractivity contribution in [3.8, 4) is 0 Å². The normalized spacial score (nSPS) is 12.3. The summed E-state index contributed by atoms with van der Waals surface area (Å²) in [6.07, 6.45) is 1.09. The van der Waals surface area contributed by atoms with Crippen molar-refractivity contribution < 1.29 is 18.0 Å². The topological polar surface area (TPSA) is 92.3 Å². The molecule has 6 nitrogen and oxygen atoms in total. The smallest absolute Gasteiger partial charge is 0.237 e. The fraction of sp³-hybridized carbons (Fsp3) is 0.263. The third kappa shape index (κ3) is 6.41. The highest BCUT2D eigenvalue weighted by molar-refractivity contribution is 8.01. The van der Waals surface area contributed by atoms with Gasteiger partial charge in [-0.15, -0.1) is 11.8 Å². The summed E-state index contributed by atoms with van der Waals surface area (Å²) in [5.41, 5.74) is 2.04. The Balaban J connectivity index is 1.91. The quantitative estimate of drug-likeness (QED) is 0.737. The third-order valence-corrected chi connectivity index (χ3v) is 6.01. The first-order chi connectivity index (χ1) is 12.7. The van der Waals surface area contributed by atoms with Gasteiger partial charge < -0.3 is 10.6 Å². The molecule has 2 aromatic rings. The van der Waals surface area contributed by atoms with E-state index in [0.29, 0.717) is 5.69 Å². The molecular formula is C19H22N2O4S2. The molecule has 2 aromatic carbocycles. The molecule has 0 aliphatic carbocycles. The average Bonchev–Trinajstić information content (AvgIpc) is 2.61. The van der Waals surface area contributed by atoms with Crippen LogP contribution in [0.15, 0.2) is 53.4 Å². The number of thioether (sulfide) groups is 1. The summed E-state index contributed by atoms with van der Waals surface area (Å²) in [4.78, 5) is 24.4. The molecule has 0 saturated carbocycles. The van der Waals surface area contributed by atoms with Gasteiger partial charge in [0, 0.05) is 11.9 Å². The molecular weight excluding hydrogens is 384 g/mol. The molecule has 2 rings (SSSR count). The number of carbonyl (C=O) groups excluding carboxylic acids is 2. The summed E-state index contributed by atoms with van der Waals surface area (Å²) in [7, 11) is -3.45. The van der Waals surface area contributed by atoms with Gasteiger partial charge in [-0.3, -0.25) is 9.59 Å². The summed E-state index contributed by atoms with van der Waals surface area (Å²) in [6, 6.07) is 13.7. The van der Waals surface area contributed by atoms with Gasteiger partial charge in [-0.1, -0.05) is 29.8 Å². The first-order valence-corrected chi connectivity index (χ1v) is 11.2. The summed E-state index contributed by atoms with van der Waals surface area (Å²) in [5, 5.41) is 4.87. The van der Waals surface area contributed by atoms with Gasteiger partial charge in [0.1, 0.15) is 0 Å². The molecule has 2 amide bonds. The second kappa shape index (κ2) is 9.05. The van der Waals surface area contributed by atoms with Crippen molar-refractivity contribution in [3.63, 3.8) is 0 Å². The van der Waals surface area contributed by atoms with E-state index in [-0.39, 0.29) is 28.2 Å². The molecule has 144 valence electrons. The number of amides is 2. The Labute approximate surface area is 163 Å². The molecule has 1 atom stereocenters. The van der Waals surface area contributed by atoms with Crippen molar-refractivity contribution in [2.45, 2.75) is 24.0 Å². The number of hydrogen-bond donors (Lipinski definition) is 2. The summed E-state index contributed by atoms with van der Waals surface area (Å²) >= 11 is 1.17. The molecule has 0 fully saturated rings. The highest BCUT2D eigenvalue weighted by atomic mass is 32.2. The maximum atomic E-state index is 12.3. The van der Waals surface area contributed by atoms with Crippen LogP contribution in [0.4, 0.5) is 11.4 Å². The largest absolute Gasteiger partial charge is 0.325 e. The van der Waals surface area contributed by atoms with E-state index >= 15 is 0 Å². The van der Waals surface area contributed by atoms with Crippen LogP contribution in [0.1, 0.15) is 12.5 Å². The Morgan fingerprint density at radius 1 is 1.04 bits per heavy atom. The van der Waals surface area contributed by atoms with Crippen LogP contribution in [0.3, 0.4) is 0 Å². The fourth-order valence-electron chi connectivity index (χ4n) is 2.24. The van der Waals surface area contributed by atoms with Gasteiger partial charge in [-0.2, -0.15) is 0 Å². The number of hydrogen-bond acceptors (Lipinski definition) is 5. The minimum atomic E-state index is -3.45. The number of benzene rings is 2. The predicted molar refractivity (Wildman–Crippen MR) is 110 cm³/mol. The van der Waals surface area contributed by atoms with Gasteiger partial charge in [0.05, 0.1) is 21.6 Å². The second-order valence-corrected chi connectivity index (χ2v) is 9.44. The lowest BCUT2D eigenvalue weighted by Gasteiger charge is -2.14. The van der Waals surface area contributed by atoms with Crippen molar-refractivity contribution >= 4 is 44.8 Å². The number of anilines is 2. The number of para-hydroxylation sites is 1. The van der Waals surface area contributed by atoms with Gasteiger partial charge in [-0.05, 0) is 38.1 Å². The van der Waals surface area contributed by atoms with Crippen molar-refractivity contribution in [1.29, 1.82) is 0 Å². The number of rotatable bonds is 7. The Morgan fingerprint density at radius 2 is 1.67 bits per heavy atom. The molecule has 0 aromatic heterocycles. The zero-order chi connectivity index (χ0) is 20.0. The number of aryl methyl sites for hydroxylation is 1. The molecule has 0 heterocycles. The van der Waals surface area contributed by atoms with E-state index in [4.69, 9.17) is 0 Å². The van der Waals surface area contributed by atoms with Crippen LogP contribution in [-0.4, -0.2) is 37.5 Å². The summed E-state index contributed by atoms with van der Waals surface area (Å²) in [5.74, 6) is -0.463. The molecule has 0 aliphatic rings. The summed E-state index contributed by atoms with van der Waals surface area (Å²) < 4.78 is 23.6. The van der Waals surface area contributed by atoms with Crippen molar-refractivity contribution in [2.24, 2.45) is 0 Å².